The van der Waals surface area contributed by atoms with Crippen LogP contribution in [-0.2, 0) is 94.7 Å². The zero-order valence-electron chi connectivity index (χ0n) is 75.1. The van der Waals surface area contributed by atoms with Crippen molar-refractivity contribution in [2.75, 3.05) is 293 Å². The molecule has 722 valence electrons. The van der Waals surface area contributed by atoms with E-state index in [1.54, 1.807) is 28.4 Å². The van der Waals surface area contributed by atoms with Crippen molar-refractivity contribution in [1.82, 2.24) is 0 Å². The Labute approximate surface area is 767 Å². The molecule has 7 rings (SSSR count). The monoisotopic (exact) mass is 1860 g/mol. The predicted molar refractivity (Wildman–Crippen MR) is 478 cm³/mol. The molecule has 6 amide bonds. The molecule has 0 atom stereocenters. The van der Waals surface area contributed by atoms with E-state index in [2.05, 4.69) is 31.9 Å². The summed E-state index contributed by atoms with van der Waals surface area (Å²) < 4.78 is 125. The van der Waals surface area contributed by atoms with Crippen LogP contribution in [-0.4, -0.2) is 325 Å². The molecule has 6 N–H and O–H groups in total. The van der Waals surface area contributed by atoms with Gasteiger partial charge in [0.15, 0.2) is 0 Å². The second-order valence-corrected chi connectivity index (χ2v) is 27.3. The minimum atomic E-state index is -1.29. The Morgan fingerprint density at radius 1 is 0.233 bits per heavy atom. The molecule has 0 saturated carbocycles. The number of nitro groups is 1. The highest BCUT2D eigenvalue weighted by Crippen LogP contribution is 2.37. The number of hydrogen-bond donors (Lipinski definition) is 6. The summed E-state index contributed by atoms with van der Waals surface area (Å²) in [5.74, 6) is -12.0. The highest BCUT2D eigenvalue weighted by atomic mass is 16.6. The van der Waals surface area contributed by atoms with Gasteiger partial charge in [-0.25, -0.2) is 19.2 Å². The first kappa shape index (κ1) is 107. The molecule has 0 radical (unpaired) electrons. The first-order valence-electron chi connectivity index (χ1n) is 41.9. The first-order chi connectivity index (χ1) is 64.8. The zero-order valence-corrected chi connectivity index (χ0v) is 75.1. The van der Waals surface area contributed by atoms with Crippen LogP contribution in [0.4, 0.5) is 39.8 Å². The summed E-state index contributed by atoms with van der Waals surface area (Å²) in [5, 5.41) is 28.7. The lowest BCUT2D eigenvalue weighted by Gasteiger charge is -2.19. The minimum absolute atomic E-state index is 0.0387. The standard InChI is InChI=1S/C91H113N7O35/c1-111-24-28-118-32-36-122-40-44-126-48-52-130-88(105)65-16-8-12-20-75(65)94-84(101)69-56-62(57-70(79(69)115-5)85(102)95-76-21-13-9-17-66(76)89(106)131-53-49-127-45-41-123-37-33-119-29-25-112-2)92-82(99)73-60-64(98(109)110)61-74(81(73)117-7)83(100)93-63-58-71(86(103)96-77-22-14-10-18-67(77)90(107)132-54-50-128-46-42-124-38-34-120-30-26-113-3)80(116-6)72(59-63)87(104)97-78-23-15-11-19-68(78)91(108)133-55-51-129-47-43-125-39-35-121-31-27-114-4/h8-23,56-61H,24-55H2,1-7H3,(H,92,99)(H,93,100)(H,94,101)(H,95,102)(H,96,103)(H,97,104). The van der Waals surface area contributed by atoms with Crippen LogP contribution in [0.15, 0.2) is 133 Å². The highest BCUT2D eigenvalue weighted by Gasteiger charge is 2.32. The molecule has 0 aliphatic heterocycles. The summed E-state index contributed by atoms with van der Waals surface area (Å²) in [6.07, 6.45) is 0. The van der Waals surface area contributed by atoms with Gasteiger partial charge in [0.25, 0.3) is 41.1 Å². The van der Waals surface area contributed by atoms with Crippen LogP contribution < -0.4 is 46.1 Å². The highest BCUT2D eigenvalue weighted by molar-refractivity contribution is 6.19. The molecule has 133 heavy (non-hydrogen) atoms. The number of anilines is 6. The van der Waals surface area contributed by atoms with Gasteiger partial charge in [0.2, 0.25) is 0 Å². The van der Waals surface area contributed by atoms with E-state index in [0.29, 0.717) is 106 Å². The number of ether oxygens (including phenoxy) is 23. The largest absolute Gasteiger partial charge is 0.495 e. The number of carbonyl (C=O) groups excluding carboxylic acids is 10. The van der Waals surface area contributed by atoms with Gasteiger partial charge in [-0.1, -0.05) is 48.5 Å². The van der Waals surface area contributed by atoms with Crippen molar-refractivity contribution in [3.63, 3.8) is 0 Å². The van der Waals surface area contributed by atoms with Crippen molar-refractivity contribution in [3.05, 3.63) is 199 Å². The van der Waals surface area contributed by atoms with Gasteiger partial charge in [0.1, 0.15) is 43.7 Å². The summed E-state index contributed by atoms with van der Waals surface area (Å²) in [6, 6.07) is 28.6. The topological polar surface area (TPSA) is 498 Å². The van der Waals surface area contributed by atoms with Gasteiger partial charge in [-0.3, -0.25) is 38.9 Å². The number of benzene rings is 7. The fourth-order valence-corrected chi connectivity index (χ4v) is 11.8. The first-order valence-corrected chi connectivity index (χ1v) is 41.9. The van der Waals surface area contributed by atoms with Crippen LogP contribution in [0.5, 0.6) is 17.2 Å². The lowest BCUT2D eigenvalue weighted by molar-refractivity contribution is -0.384. The summed E-state index contributed by atoms with van der Waals surface area (Å²) in [7, 11) is 9.49. The maximum Gasteiger partial charge on any atom is 0.340 e. The van der Waals surface area contributed by atoms with Gasteiger partial charge in [0, 0.05) is 51.9 Å². The average molecular weight is 1860 g/mol. The molecule has 7 aromatic rings. The van der Waals surface area contributed by atoms with Crippen LogP contribution in [0.3, 0.4) is 0 Å². The van der Waals surface area contributed by atoms with Gasteiger partial charge in [0.05, 0.1) is 290 Å². The Balaban J connectivity index is 1.21. The molecule has 0 aromatic heterocycles. The maximum atomic E-state index is 15.2. The van der Waals surface area contributed by atoms with Crippen molar-refractivity contribution in [3.8, 4) is 17.2 Å². The van der Waals surface area contributed by atoms with E-state index in [1.807, 2.05) is 0 Å². The molecule has 0 heterocycles. The number of amides is 6. The van der Waals surface area contributed by atoms with Gasteiger partial charge in [-0.2, -0.15) is 0 Å². The Bertz CT molecular complexity index is 4340. The number of hydrogen-bond acceptors (Lipinski definition) is 35. The summed E-state index contributed by atoms with van der Waals surface area (Å²) in [6.45, 7) is 6.39. The third-order valence-electron chi connectivity index (χ3n) is 18.2. The molecule has 0 fully saturated rings. The normalized spacial score (nSPS) is 11.0. The Hall–Kier alpha value is -12.6. The van der Waals surface area contributed by atoms with Crippen molar-refractivity contribution < 1.29 is 162 Å². The number of para-hydroxylation sites is 4. The van der Waals surface area contributed by atoms with Crippen LogP contribution >= 0.6 is 0 Å². The lowest BCUT2D eigenvalue weighted by Crippen LogP contribution is -2.23. The van der Waals surface area contributed by atoms with Crippen molar-refractivity contribution in [2.24, 2.45) is 0 Å². The maximum absolute atomic E-state index is 15.2. The fraction of sp³-hybridized carbons (Fsp3) is 0.429. The molecular weight excluding hydrogens is 1750 g/mol. The Kier molecular flexibility index (Phi) is 50.6. The molecule has 0 bridgehead atoms. The van der Waals surface area contributed by atoms with E-state index in [4.69, 9.17) is 109 Å². The molecule has 42 heteroatoms. The van der Waals surface area contributed by atoms with Gasteiger partial charge >= 0.3 is 23.9 Å². The second kappa shape index (κ2) is 62.7. The third-order valence-corrected chi connectivity index (χ3v) is 18.2. The van der Waals surface area contributed by atoms with Crippen molar-refractivity contribution >= 4 is 99.1 Å². The molecule has 0 aliphatic carbocycles. The summed E-state index contributed by atoms with van der Waals surface area (Å²) >= 11 is 0. The summed E-state index contributed by atoms with van der Waals surface area (Å²) in [4.78, 5) is 157. The number of nitro benzene ring substituents is 1. The number of methoxy groups -OCH3 is 7. The number of carbonyl (C=O) groups is 10. The molecule has 0 saturated heterocycles. The van der Waals surface area contributed by atoms with Crippen LogP contribution in [0.1, 0.15) is 104 Å². The van der Waals surface area contributed by atoms with E-state index in [0.717, 1.165) is 57.7 Å². The Morgan fingerprint density at radius 3 is 0.594 bits per heavy atom. The van der Waals surface area contributed by atoms with Gasteiger partial charge in [-0.15, -0.1) is 0 Å². The number of non-ortho nitro benzene ring substituents is 1. The van der Waals surface area contributed by atoms with E-state index >= 15 is 9.59 Å². The number of rotatable bonds is 68. The van der Waals surface area contributed by atoms with E-state index in [1.165, 1.54) is 97.1 Å². The minimum Gasteiger partial charge on any atom is -0.495 e. The second-order valence-electron chi connectivity index (χ2n) is 27.3. The molecular formula is C91H113N7O35. The predicted octanol–water partition coefficient (Wildman–Crippen LogP) is 8.55. The number of nitrogens with one attached hydrogen (secondary N) is 6. The van der Waals surface area contributed by atoms with Crippen molar-refractivity contribution in [2.45, 2.75) is 0 Å². The van der Waals surface area contributed by atoms with Crippen LogP contribution in [0.2, 0.25) is 0 Å². The molecule has 0 spiro atoms. The summed E-state index contributed by atoms with van der Waals surface area (Å²) in [5.41, 5.74) is -6.18. The molecule has 0 aliphatic rings. The van der Waals surface area contributed by atoms with Gasteiger partial charge in [-0.05, 0) is 72.8 Å². The molecule has 42 nitrogen and oxygen atoms in total. The van der Waals surface area contributed by atoms with E-state index < -0.39 is 132 Å². The molecule has 7 aromatic carbocycles. The number of esters is 4. The SMILES string of the molecule is COCCOCCOCCOCCOC(=O)c1ccccc1NC(=O)c1cc(NC(=O)c2cc([N+](=O)[O-])cc(C(=O)Nc3cc(C(=O)Nc4ccccc4C(=O)OCCOCCOCCOCCOC)c(OC)c(C(=O)Nc4ccccc4C(=O)OCCOCCOCCOCCOC)c3)c2OC)cc(C(=O)Nc2ccccc2C(=O)OCCOCCOCCOCCOC)c1OC. The van der Waals surface area contributed by atoms with Crippen LogP contribution in [0.25, 0.3) is 0 Å². The molecule has 0 unspecified atom stereocenters. The fourth-order valence-electron chi connectivity index (χ4n) is 11.8. The lowest BCUT2D eigenvalue weighted by atomic mass is 10.0. The van der Waals surface area contributed by atoms with Crippen molar-refractivity contribution in [1.29, 1.82) is 0 Å². The van der Waals surface area contributed by atoms with E-state index in [9.17, 15) is 48.5 Å². The van der Waals surface area contributed by atoms with E-state index in [-0.39, 0.29) is 151 Å². The Morgan fingerprint density at radius 2 is 0.406 bits per heavy atom. The zero-order chi connectivity index (χ0) is 95.6. The smallest absolute Gasteiger partial charge is 0.340 e. The van der Waals surface area contributed by atoms with Gasteiger partial charge < -0.3 is 141 Å². The average Bonchev–Trinajstić information content (AvgIpc) is 0.778. The quantitative estimate of drug-likeness (QED) is 0.00683. The van der Waals surface area contributed by atoms with Crippen LogP contribution in [0, 0.1) is 10.1 Å². The third kappa shape index (κ3) is 37.5. The number of nitrogens with zero attached hydrogens (tertiary/aromatic N) is 1.